The molecule has 0 aliphatic carbocycles. The zero-order chi connectivity index (χ0) is 22.3. The molecule has 31 heavy (non-hydrogen) atoms. The summed E-state index contributed by atoms with van der Waals surface area (Å²) in [5.41, 5.74) is 1.01. The van der Waals surface area contributed by atoms with Gasteiger partial charge in [0.2, 0.25) is 0 Å². The maximum atomic E-state index is 15.2. The third-order valence-electron chi connectivity index (χ3n) is 4.94. The number of nitrogens with one attached hydrogen (secondary N) is 1. The topological polar surface area (TPSA) is 109 Å². The fraction of sp³-hybridized carbons (Fsp3) is 0.136. The van der Waals surface area contributed by atoms with Crippen LogP contribution >= 0.6 is 0 Å². The Morgan fingerprint density at radius 3 is 2.68 bits per heavy atom. The van der Waals surface area contributed by atoms with E-state index in [1.165, 1.54) is 58.7 Å². The number of fused-ring (bicyclic) bond motifs is 1. The summed E-state index contributed by atoms with van der Waals surface area (Å²) in [5.74, 6) is -1.39. The number of hydrogen-bond donors (Lipinski definition) is 3. The second kappa shape index (κ2) is 7.69. The lowest BCUT2D eigenvalue weighted by atomic mass is 10.0. The lowest BCUT2D eigenvalue weighted by Crippen LogP contribution is -2.14. The quantitative estimate of drug-likeness (QED) is 0.466. The highest BCUT2D eigenvalue weighted by molar-refractivity contribution is 6.09. The zero-order valence-corrected chi connectivity index (χ0v) is 16.8. The summed E-state index contributed by atoms with van der Waals surface area (Å²) in [6.45, 7) is 1.10. The van der Waals surface area contributed by atoms with Gasteiger partial charge in [-0.2, -0.15) is 5.10 Å². The lowest BCUT2D eigenvalue weighted by Gasteiger charge is -2.11. The Labute approximate surface area is 175 Å². The van der Waals surface area contributed by atoms with E-state index in [-0.39, 0.29) is 40.1 Å². The molecular formula is C22H19FN4O4. The van der Waals surface area contributed by atoms with Gasteiger partial charge in [-0.1, -0.05) is 0 Å². The molecule has 3 N–H and O–H groups in total. The summed E-state index contributed by atoms with van der Waals surface area (Å²) < 4.78 is 18.3. The summed E-state index contributed by atoms with van der Waals surface area (Å²) in [6.07, 6.45) is 4.56. The molecule has 9 heteroatoms. The SMILES string of the molecule is CC(O)=c1cc(C(=O)Nc2cc(CO)cc(-c3cnn(C)c3)c2F)c2cc(=O)ccn12. The average molecular weight is 422 g/mol. The number of amides is 1. The number of aliphatic hydroxyl groups excluding tert-OH is 2. The summed E-state index contributed by atoms with van der Waals surface area (Å²) >= 11 is 0. The number of aryl methyl sites for hydroxylation is 1. The van der Waals surface area contributed by atoms with Crippen molar-refractivity contribution in [3.05, 3.63) is 81.4 Å². The molecule has 0 aliphatic rings. The van der Waals surface area contributed by atoms with Gasteiger partial charge in [0.1, 0.15) is 5.76 Å². The molecule has 0 saturated heterocycles. The summed E-state index contributed by atoms with van der Waals surface area (Å²) in [4.78, 5) is 24.8. The molecule has 1 amide bonds. The second-order valence-corrected chi connectivity index (χ2v) is 7.17. The van der Waals surface area contributed by atoms with Crippen molar-refractivity contribution in [2.24, 2.45) is 7.05 Å². The van der Waals surface area contributed by atoms with Crippen LogP contribution in [0, 0.1) is 5.82 Å². The molecule has 3 heterocycles. The lowest BCUT2D eigenvalue weighted by molar-refractivity contribution is 0.102. The maximum Gasteiger partial charge on any atom is 0.257 e. The molecule has 8 nitrogen and oxygen atoms in total. The van der Waals surface area contributed by atoms with Crippen molar-refractivity contribution in [2.75, 3.05) is 5.32 Å². The molecule has 3 aromatic heterocycles. The number of halogens is 1. The minimum absolute atomic E-state index is 0.0416. The van der Waals surface area contributed by atoms with Crippen LogP contribution in [0.4, 0.5) is 10.1 Å². The number of carbonyl (C=O) groups is 1. The first-order valence-corrected chi connectivity index (χ1v) is 9.37. The molecule has 0 spiro atoms. The molecule has 0 fully saturated rings. The molecule has 0 unspecified atom stereocenters. The second-order valence-electron chi connectivity index (χ2n) is 7.17. The van der Waals surface area contributed by atoms with Crippen LogP contribution in [0.15, 0.2) is 53.7 Å². The number of aromatic nitrogens is 3. The summed E-state index contributed by atoms with van der Waals surface area (Å²) in [5, 5.41) is 26.4. The molecule has 0 atom stereocenters. The van der Waals surface area contributed by atoms with Gasteiger partial charge in [0.05, 0.1) is 34.9 Å². The third kappa shape index (κ3) is 3.66. The van der Waals surface area contributed by atoms with Crippen molar-refractivity contribution in [2.45, 2.75) is 13.5 Å². The van der Waals surface area contributed by atoms with Gasteiger partial charge in [-0.15, -0.1) is 0 Å². The number of hydrogen-bond acceptors (Lipinski definition) is 5. The van der Waals surface area contributed by atoms with Crippen LogP contribution in [-0.2, 0) is 13.7 Å². The van der Waals surface area contributed by atoms with Crippen molar-refractivity contribution in [1.29, 1.82) is 0 Å². The van der Waals surface area contributed by atoms with Gasteiger partial charge in [-0.05, 0) is 30.7 Å². The maximum absolute atomic E-state index is 15.2. The van der Waals surface area contributed by atoms with Gasteiger partial charge >= 0.3 is 0 Å². The van der Waals surface area contributed by atoms with Crippen LogP contribution in [0.2, 0.25) is 0 Å². The van der Waals surface area contributed by atoms with Gasteiger partial charge in [0, 0.05) is 42.7 Å². The first kappa shape index (κ1) is 20.3. The van der Waals surface area contributed by atoms with Gasteiger partial charge < -0.3 is 19.9 Å². The van der Waals surface area contributed by atoms with Gasteiger partial charge in [0.25, 0.3) is 5.91 Å². The Kier molecular flexibility index (Phi) is 5.04. The van der Waals surface area contributed by atoms with Crippen LogP contribution < -0.4 is 16.1 Å². The molecule has 0 saturated carbocycles. The Bertz CT molecular complexity index is 1430. The highest BCUT2D eigenvalue weighted by atomic mass is 19.1. The highest BCUT2D eigenvalue weighted by Crippen LogP contribution is 2.30. The first-order valence-electron chi connectivity index (χ1n) is 9.37. The molecule has 0 bridgehead atoms. The summed E-state index contributed by atoms with van der Waals surface area (Å²) in [6, 6.07) is 6.83. The van der Waals surface area contributed by atoms with Crippen molar-refractivity contribution < 1.29 is 19.4 Å². The van der Waals surface area contributed by atoms with Crippen molar-refractivity contribution in [3.8, 4) is 11.1 Å². The Balaban J connectivity index is 1.82. The van der Waals surface area contributed by atoms with E-state index in [0.717, 1.165) is 0 Å². The van der Waals surface area contributed by atoms with E-state index in [1.54, 1.807) is 13.2 Å². The monoisotopic (exact) mass is 422 g/mol. The number of rotatable bonds is 4. The third-order valence-corrected chi connectivity index (χ3v) is 4.94. The van der Waals surface area contributed by atoms with E-state index in [2.05, 4.69) is 10.4 Å². The fourth-order valence-corrected chi connectivity index (χ4v) is 3.47. The van der Waals surface area contributed by atoms with Gasteiger partial charge in [0.15, 0.2) is 11.2 Å². The van der Waals surface area contributed by atoms with Gasteiger partial charge in [-0.25, -0.2) is 4.39 Å². The van der Waals surface area contributed by atoms with Crippen LogP contribution in [0.3, 0.4) is 0 Å². The number of aliphatic hydroxyl groups is 2. The van der Waals surface area contributed by atoms with Crippen molar-refractivity contribution >= 4 is 22.9 Å². The largest absolute Gasteiger partial charge is 0.510 e. The first-order chi connectivity index (χ1) is 14.8. The molecule has 1 aromatic carbocycles. The number of benzene rings is 1. The predicted octanol–water partition coefficient (Wildman–Crippen LogP) is 1.99. The average Bonchev–Trinajstić information content (AvgIpc) is 3.33. The minimum Gasteiger partial charge on any atom is -0.510 e. The van der Waals surface area contributed by atoms with Crippen LogP contribution in [0.25, 0.3) is 22.4 Å². The van der Waals surface area contributed by atoms with Crippen LogP contribution in [0.1, 0.15) is 22.8 Å². The molecule has 4 aromatic rings. The zero-order valence-electron chi connectivity index (χ0n) is 16.8. The Morgan fingerprint density at radius 2 is 2.03 bits per heavy atom. The predicted molar refractivity (Wildman–Crippen MR) is 113 cm³/mol. The van der Waals surface area contributed by atoms with Crippen molar-refractivity contribution in [3.63, 3.8) is 0 Å². The van der Waals surface area contributed by atoms with E-state index >= 15 is 4.39 Å². The molecule has 158 valence electrons. The number of carbonyl (C=O) groups excluding carboxylic acids is 1. The minimum atomic E-state index is -0.684. The summed E-state index contributed by atoms with van der Waals surface area (Å²) in [7, 11) is 1.69. The van der Waals surface area contributed by atoms with Crippen LogP contribution in [0.5, 0.6) is 0 Å². The molecule has 4 rings (SSSR count). The van der Waals surface area contributed by atoms with E-state index in [1.807, 2.05) is 0 Å². The van der Waals surface area contributed by atoms with E-state index < -0.39 is 11.7 Å². The standard InChI is InChI=1S/C22H19FN4O4/c1-12(29)19-8-17(20-7-15(30)3-4-27(19)20)22(31)25-18-6-13(11-28)5-16(21(18)23)14-9-24-26(2)10-14/h3-10,28-29H,11H2,1-2H3,(H,25,31). The number of pyridine rings is 1. The Hall–Kier alpha value is -3.98. The fourth-order valence-electron chi connectivity index (χ4n) is 3.47. The number of nitrogens with zero attached hydrogens (tertiary/aromatic N) is 3. The van der Waals surface area contributed by atoms with E-state index in [0.29, 0.717) is 16.5 Å². The molecule has 0 radical (unpaired) electrons. The van der Waals surface area contributed by atoms with E-state index in [4.69, 9.17) is 0 Å². The molecule has 0 aliphatic heterocycles. The van der Waals surface area contributed by atoms with Crippen LogP contribution in [-0.4, -0.2) is 30.3 Å². The van der Waals surface area contributed by atoms with Crippen molar-refractivity contribution in [1.82, 2.24) is 14.2 Å². The smallest absolute Gasteiger partial charge is 0.257 e. The Morgan fingerprint density at radius 1 is 1.26 bits per heavy atom. The number of anilines is 1. The normalized spacial score (nSPS) is 12.3. The molecular weight excluding hydrogens is 403 g/mol. The highest BCUT2D eigenvalue weighted by Gasteiger charge is 2.19. The van der Waals surface area contributed by atoms with E-state index in [9.17, 15) is 19.8 Å². The van der Waals surface area contributed by atoms with Gasteiger partial charge in [-0.3, -0.25) is 14.3 Å².